The number of carboxylic acids is 1. The summed E-state index contributed by atoms with van der Waals surface area (Å²) in [4.78, 5) is 36.9. The third-order valence-corrected chi connectivity index (χ3v) is 7.09. The van der Waals surface area contributed by atoms with Gasteiger partial charge in [0.25, 0.3) is 0 Å². The molecule has 2 aliphatic carbocycles. The topological polar surface area (TPSA) is 125 Å². The van der Waals surface area contributed by atoms with Gasteiger partial charge in [-0.3, -0.25) is 4.79 Å². The van der Waals surface area contributed by atoms with E-state index in [1.807, 2.05) is 24.3 Å². The summed E-state index contributed by atoms with van der Waals surface area (Å²) in [5, 5.41) is 24.2. The molecule has 1 saturated carbocycles. The lowest BCUT2D eigenvalue weighted by Crippen LogP contribution is -2.55. The third kappa shape index (κ3) is 5.48. The van der Waals surface area contributed by atoms with Gasteiger partial charge in [-0.1, -0.05) is 67.8 Å². The first-order valence-corrected chi connectivity index (χ1v) is 12.1. The summed E-state index contributed by atoms with van der Waals surface area (Å²) in [6.45, 7) is 1.48. The number of rotatable bonds is 8. The molecule has 1 fully saturated rings. The van der Waals surface area contributed by atoms with Crippen molar-refractivity contribution in [2.45, 2.75) is 69.1 Å². The Morgan fingerprint density at radius 2 is 1.57 bits per heavy atom. The van der Waals surface area contributed by atoms with Crippen LogP contribution in [-0.4, -0.2) is 52.5 Å². The van der Waals surface area contributed by atoms with Gasteiger partial charge in [-0.05, 0) is 42.0 Å². The minimum Gasteiger partial charge on any atom is -0.480 e. The van der Waals surface area contributed by atoms with Crippen LogP contribution in [0.15, 0.2) is 48.5 Å². The van der Waals surface area contributed by atoms with Gasteiger partial charge in [0.15, 0.2) is 6.04 Å². The zero-order chi connectivity index (χ0) is 25.0. The van der Waals surface area contributed by atoms with Crippen molar-refractivity contribution in [1.82, 2.24) is 10.6 Å². The smallest absolute Gasteiger partial charge is 0.407 e. The second-order valence-electron chi connectivity index (χ2n) is 9.59. The molecule has 4 N–H and O–H groups in total. The standard InChI is InChI=1S/C27H32N2O6/c1-17(30)24(25(32)33)28-23(31)15-27(13-7-2-8-14-27)29-26(34)35-16-22-20-11-5-3-9-18(20)19-10-4-6-12-21(19)22/h3-6,9-12,17,22,24,30H,2,7-8,13-16H2,1H3,(H,28,31)(H,29,34)(H,32,33). The number of hydrogen-bond acceptors (Lipinski definition) is 5. The number of aliphatic carboxylic acids is 1. The second-order valence-corrected chi connectivity index (χ2v) is 9.59. The summed E-state index contributed by atoms with van der Waals surface area (Å²) in [5.74, 6) is -1.91. The number of benzene rings is 2. The number of aliphatic hydroxyl groups is 1. The van der Waals surface area contributed by atoms with E-state index in [1.165, 1.54) is 6.92 Å². The van der Waals surface area contributed by atoms with Crippen molar-refractivity contribution < 1.29 is 29.3 Å². The van der Waals surface area contributed by atoms with Crippen LogP contribution < -0.4 is 10.6 Å². The molecular formula is C27H32N2O6. The Morgan fingerprint density at radius 3 is 2.11 bits per heavy atom. The van der Waals surface area contributed by atoms with Crippen LogP contribution in [0, 0.1) is 0 Å². The summed E-state index contributed by atoms with van der Waals surface area (Å²) in [6.07, 6.45) is 1.97. The molecule has 0 aliphatic heterocycles. The Morgan fingerprint density at radius 1 is 1.00 bits per heavy atom. The molecular weight excluding hydrogens is 448 g/mol. The van der Waals surface area contributed by atoms with E-state index in [2.05, 4.69) is 34.9 Å². The van der Waals surface area contributed by atoms with Gasteiger partial charge >= 0.3 is 12.1 Å². The number of fused-ring (bicyclic) bond motifs is 3. The van der Waals surface area contributed by atoms with Crippen molar-refractivity contribution in [1.29, 1.82) is 0 Å². The maximum atomic E-state index is 12.9. The van der Waals surface area contributed by atoms with Crippen molar-refractivity contribution in [3.05, 3.63) is 59.7 Å². The average molecular weight is 481 g/mol. The third-order valence-electron chi connectivity index (χ3n) is 7.09. The van der Waals surface area contributed by atoms with Gasteiger partial charge in [-0.25, -0.2) is 9.59 Å². The molecule has 0 saturated heterocycles. The van der Waals surface area contributed by atoms with Gasteiger partial charge in [-0.2, -0.15) is 0 Å². The van der Waals surface area contributed by atoms with Crippen LogP contribution >= 0.6 is 0 Å². The minimum absolute atomic E-state index is 0.0684. The maximum Gasteiger partial charge on any atom is 0.407 e. The molecule has 2 atom stereocenters. The zero-order valence-corrected chi connectivity index (χ0v) is 19.8. The number of alkyl carbamates (subject to hydrolysis) is 1. The first kappa shape index (κ1) is 24.7. The monoisotopic (exact) mass is 480 g/mol. The van der Waals surface area contributed by atoms with Gasteiger partial charge in [0.1, 0.15) is 6.61 Å². The number of aliphatic hydroxyl groups excluding tert-OH is 1. The lowest BCUT2D eigenvalue weighted by molar-refractivity contribution is -0.145. The molecule has 0 bridgehead atoms. The van der Waals surface area contributed by atoms with Crippen LogP contribution in [0.4, 0.5) is 4.79 Å². The Bertz CT molecular complexity index is 1050. The lowest BCUT2D eigenvalue weighted by Gasteiger charge is -2.37. The SMILES string of the molecule is CC(O)C(NC(=O)CC1(NC(=O)OCC2c3ccccc3-c3ccccc32)CCCCC1)C(=O)O. The summed E-state index contributed by atoms with van der Waals surface area (Å²) in [7, 11) is 0. The summed E-state index contributed by atoms with van der Waals surface area (Å²) >= 11 is 0. The predicted octanol–water partition coefficient (Wildman–Crippen LogP) is 3.57. The molecule has 0 radical (unpaired) electrons. The van der Waals surface area contributed by atoms with E-state index in [9.17, 15) is 24.6 Å². The maximum absolute atomic E-state index is 12.9. The number of amides is 2. The fourth-order valence-electron chi connectivity index (χ4n) is 5.35. The Labute approximate surface area is 204 Å². The van der Waals surface area contributed by atoms with Crippen LogP contribution in [0.3, 0.4) is 0 Å². The lowest BCUT2D eigenvalue weighted by atomic mass is 9.79. The van der Waals surface area contributed by atoms with Gasteiger partial charge in [0.05, 0.1) is 11.6 Å². The molecule has 2 aliphatic rings. The van der Waals surface area contributed by atoms with Crippen LogP contribution in [-0.2, 0) is 14.3 Å². The Balaban J connectivity index is 1.42. The average Bonchev–Trinajstić information content (AvgIpc) is 3.15. The number of carbonyl (C=O) groups excluding carboxylic acids is 2. The van der Waals surface area contributed by atoms with Crippen molar-refractivity contribution in [2.24, 2.45) is 0 Å². The molecule has 2 unspecified atom stereocenters. The van der Waals surface area contributed by atoms with Gasteiger partial charge in [0, 0.05) is 12.3 Å². The van der Waals surface area contributed by atoms with E-state index in [0.29, 0.717) is 12.8 Å². The van der Waals surface area contributed by atoms with Crippen molar-refractivity contribution in [3.8, 4) is 11.1 Å². The second kappa shape index (κ2) is 10.5. The van der Waals surface area contributed by atoms with E-state index >= 15 is 0 Å². The number of hydrogen-bond donors (Lipinski definition) is 4. The highest BCUT2D eigenvalue weighted by Crippen LogP contribution is 2.44. The van der Waals surface area contributed by atoms with Gasteiger partial charge in [-0.15, -0.1) is 0 Å². The van der Waals surface area contributed by atoms with Crippen LogP contribution in [0.1, 0.15) is 62.5 Å². The van der Waals surface area contributed by atoms with E-state index < -0.39 is 35.7 Å². The van der Waals surface area contributed by atoms with Crippen LogP contribution in [0.2, 0.25) is 0 Å². The van der Waals surface area contributed by atoms with E-state index in [4.69, 9.17) is 4.74 Å². The molecule has 0 heterocycles. The fraction of sp³-hybridized carbons (Fsp3) is 0.444. The van der Waals surface area contributed by atoms with E-state index in [-0.39, 0.29) is 18.9 Å². The first-order chi connectivity index (χ1) is 16.8. The molecule has 2 amide bonds. The molecule has 4 rings (SSSR count). The minimum atomic E-state index is -1.41. The molecule has 8 nitrogen and oxygen atoms in total. The first-order valence-electron chi connectivity index (χ1n) is 12.1. The summed E-state index contributed by atoms with van der Waals surface area (Å²) in [5.41, 5.74) is 3.71. The molecule has 8 heteroatoms. The van der Waals surface area contributed by atoms with E-state index in [1.54, 1.807) is 0 Å². The highest BCUT2D eigenvalue weighted by atomic mass is 16.5. The molecule has 2 aromatic carbocycles. The van der Waals surface area contributed by atoms with Crippen molar-refractivity contribution >= 4 is 18.0 Å². The number of nitrogens with one attached hydrogen (secondary N) is 2. The molecule has 186 valence electrons. The summed E-state index contributed by atoms with van der Waals surface area (Å²) in [6, 6.07) is 14.8. The number of ether oxygens (including phenoxy) is 1. The highest BCUT2D eigenvalue weighted by molar-refractivity contribution is 5.85. The van der Waals surface area contributed by atoms with Crippen molar-refractivity contribution in [2.75, 3.05) is 6.61 Å². The van der Waals surface area contributed by atoms with Gasteiger partial charge < -0.3 is 25.6 Å². The predicted molar refractivity (Wildman–Crippen MR) is 130 cm³/mol. The van der Waals surface area contributed by atoms with Crippen molar-refractivity contribution in [3.63, 3.8) is 0 Å². The number of carbonyl (C=O) groups is 3. The van der Waals surface area contributed by atoms with Crippen LogP contribution in [0.5, 0.6) is 0 Å². The fourth-order valence-corrected chi connectivity index (χ4v) is 5.35. The number of carboxylic acid groups (broad SMARTS) is 1. The highest BCUT2D eigenvalue weighted by Gasteiger charge is 2.38. The largest absolute Gasteiger partial charge is 0.480 e. The molecule has 2 aromatic rings. The molecule has 0 spiro atoms. The Hall–Kier alpha value is -3.39. The molecule has 35 heavy (non-hydrogen) atoms. The normalized spacial score (nSPS) is 18.0. The van der Waals surface area contributed by atoms with Crippen LogP contribution in [0.25, 0.3) is 11.1 Å². The quantitative estimate of drug-likeness (QED) is 0.458. The zero-order valence-electron chi connectivity index (χ0n) is 19.8. The molecule has 0 aromatic heterocycles. The van der Waals surface area contributed by atoms with Gasteiger partial charge in [0.2, 0.25) is 5.91 Å². The summed E-state index contributed by atoms with van der Waals surface area (Å²) < 4.78 is 5.69. The Kier molecular flexibility index (Phi) is 7.40. The van der Waals surface area contributed by atoms with E-state index in [0.717, 1.165) is 41.5 Å².